The maximum absolute atomic E-state index is 13.2. The Labute approximate surface area is 226 Å². The van der Waals surface area contributed by atoms with E-state index in [-0.39, 0.29) is 22.0 Å². The smallest absolute Gasteiger partial charge is 0.309 e. The number of Topliss-reactive ketones (excluding diaryl/α,β-unsaturated/α-hetero) is 1. The molecular weight excluding hydrogens is 581 g/mol. The number of aliphatic hydroxyl groups excluding tert-OH is 3. The number of alkyl halides is 1. The summed E-state index contributed by atoms with van der Waals surface area (Å²) >= 11 is 3.73. The molecule has 1 aliphatic rings. The number of hydrogen-bond donors (Lipinski definition) is 3. The number of carbonyl (C=O) groups is 2. The van der Waals surface area contributed by atoms with Gasteiger partial charge in [-0.1, -0.05) is 56.7 Å². The van der Waals surface area contributed by atoms with Crippen LogP contribution in [0.15, 0.2) is 11.0 Å². The van der Waals surface area contributed by atoms with E-state index < -0.39 is 41.7 Å². The molecule has 3 N–H and O–H groups in total. The summed E-state index contributed by atoms with van der Waals surface area (Å²) in [5, 5.41) is 35.2. The molecule has 9 heteroatoms. The highest BCUT2D eigenvalue weighted by Crippen LogP contribution is 2.33. The van der Waals surface area contributed by atoms with Crippen LogP contribution in [0.4, 0.5) is 0 Å². The maximum Gasteiger partial charge on any atom is 0.309 e. The van der Waals surface area contributed by atoms with Crippen LogP contribution in [0.1, 0.15) is 77.4 Å². The number of nitrogens with zero attached hydrogens (tertiary/aromatic N) is 1. The van der Waals surface area contributed by atoms with Gasteiger partial charge in [0, 0.05) is 21.6 Å². The van der Waals surface area contributed by atoms with Gasteiger partial charge in [0.05, 0.1) is 40.8 Å². The number of aliphatic hydroxyl groups is 3. The van der Waals surface area contributed by atoms with Crippen molar-refractivity contribution >= 4 is 51.8 Å². The first-order valence-electron chi connectivity index (χ1n) is 12.3. The summed E-state index contributed by atoms with van der Waals surface area (Å²) in [6, 6.07) is 0. The molecule has 0 bridgehead atoms. The third-order valence-electron chi connectivity index (χ3n) is 7.15. The van der Waals surface area contributed by atoms with Gasteiger partial charge in [-0.15, -0.1) is 11.3 Å². The van der Waals surface area contributed by atoms with Crippen molar-refractivity contribution in [2.45, 2.75) is 102 Å². The molecule has 1 aromatic heterocycles. The minimum atomic E-state index is -1.26. The van der Waals surface area contributed by atoms with Crippen molar-refractivity contribution in [2.24, 2.45) is 17.3 Å². The van der Waals surface area contributed by atoms with Gasteiger partial charge in [0.1, 0.15) is 11.9 Å². The molecule has 7 nitrogen and oxygen atoms in total. The summed E-state index contributed by atoms with van der Waals surface area (Å²) in [4.78, 5) is 30.5. The fraction of sp³-hybridized carbons (Fsp3) is 0.731. The fourth-order valence-electron chi connectivity index (χ4n) is 4.48. The molecule has 198 valence electrons. The molecule has 0 amide bonds. The topological polar surface area (TPSA) is 117 Å². The summed E-state index contributed by atoms with van der Waals surface area (Å²) < 4.78 is 5.64. The molecule has 1 fully saturated rings. The van der Waals surface area contributed by atoms with Crippen LogP contribution in [0.5, 0.6) is 0 Å². The van der Waals surface area contributed by atoms with Gasteiger partial charge in [-0.05, 0) is 44.3 Å². The second-order valence-corrected chi connectivity index (χ2v) is 13.1. The SMILES string of the molecule is CC(=Cc1csc(C)n1)C1C[C@@H](I)[C@H](O)CCC[C@H](C)[C@H](O)[C@@H](C)C(=O)C(C)(C)[C@@H](O)CC(=O)O1. The summed E-state index contributed by atoms with van der Waals surface area (Å²) in [5.41, 5.74) is 0.359. The number of hydrogen-bond acceptors (Lipinski definition) is 8. The lowest BCUT2D eigenvalue weighted by Gasteiger charge is -2.35. The summed E-state index contributed by atoms with van der Waals surface area (Å²) in [5.74, 6) is -1.74. The van der Waals surface area contributed by atoms with Gasteiger partial charge in [0.25, 0.3) is 0 Å². The molecule has 35 heavy (non-hydrogen) atoms. The molecule has 0 radical (unpaired) electrons. The highest BCUT2D eigenvalue weighted by molar-refractivity contribution is 14.1. The normalized spacial score (nSPS) is 34.5. The molecule has 1 aliphatic heterocycles. The largest absolute Gasteiger partial charge is 0.458 e. The van der Waals surface area contributed by atoms with Crippen molar-refractivity contribution in [3.05, 3.63) is 21.7 Å². The number of aromatic nitrogens is 1. The van der Waals surface area contributed by atoms with Crippen molar-refractivity contribution in [2.75, 3.05) is 0 Å². The number of cyclic esters (lactones) is 1. The predicted molar refractivity (Wildman–Crippen MR) is 146 cm³/mol. The quantitative estimate of drug-likeness (QED) is 0.253. The average Bonchev–Trinajstić information content (AvgIpc) is 3.20. The lowest BCUT2D eigenvalue weighted by atomic mass is 9.73. The zero-order chi connectivity index (χ0) is 26.5. The van der Waals surface area contributed by atoms with Gasteiger partial charge in [0.15, 0.2) is 0 Å². The minimum absolute atomic E-state index is 0.140. The number of aryl methyl sites for hydroxylation is 1. The van der Waals surface area contributed by atoms with Crippen molar-refractivity contribution < 1.29 is 29.6 Å². The van der Waals surface area contributed by atoms with Crippen LogP contribution in [0.2, 0.25) is 0 Å². The second-order valence-electron chi connectivity index (χ2n) is 10.5. The molecule has 2 rings (SSSR count). The van der Waals surface area contributed by atoms with E-state index >= 15 is 0 Å². The molecular formula is C26H40INO6S. The average molecular weight is 622 g/mol. The van der Waals surface area contributed by atoms with Crippen molar-refractivity contribution in [3.63, 3.8) is 0 Å². The first-order chi connectivity index (χ1) is 16.2. The van der Waals surface area contributed by atoms with Gasteiger partial charge in [-0.2, -0.15) is 0 Å². The Balaban J connectivity index is 2.33. The Morgan fingerprint density at radius 1 is 1.23 bits per heavy atom. The van der Waals surface area contributed by atoms with Gasteiger partial charge < -0.3 is 20.1 Å². The van der Waals surface area contributed by atoms with Crippen LogP contribution < -0.4 is 0 Å². The monoisotopic (exact) mass is 621 g/mol. The standard InChI is InChI=1S/C26H40INO6S/c1-14-8-7-9-20(29)19(27)11-21(15(2)10-18-13-35-17(4)28-18)34-23(31)12-22(30)26(5,6)25(33)16(3)24(14)32/h10,13-14,16,19-22,24,29-30,32H,7-9,11-12H2,1-6H3/t14-,16+,19+,20+,21?,22-,24-/m0/s1. The summed E-state index contributed by atoms with van der Waals surface area (Å²) in [7, 11) is 0. The van der Waals surface area contributed by atoms with Crippen molar-refractivity contribution in [1.82, 2.24) is 4.98 Å². The van der Waals surface area contributed by atoms with Crippen LogP contribution in [-0.4, -0.2) is 60.4 Å². The lowest BCUT2D eigenvalue weighted by molar-refractivity contribution is -0.154. The summed E-state index contributed by atoms with van der Waals surface area (Å²) in [6.07, 6.45) is 0.534. The molecule has 7 atom stereocenters. The van der Waals surface area contributed by atoms with Crippen LogP contribution in [0.25, 0.3) is 6.08 Å². The Kier molecular flexibility index (Phi) is 11.3. The Morgan fingerprint density at radius 2 is 1.89 bits per heavy atom. The van der Waals surface area contributed by atoms with Crippen molar-refractivity contribution in [3.8, 4) is 0 Å². The molecule has 0 aromatic carbocycles. The minimum Gasteiger partial charge on any atom is -0.458 e. The van der Waals surface area contributed by atoms with E-state index in [1.165, 1.54) is 11.3 Å². The molecule has 0 spiro atoms. The van der Waals surface area contributed by atoms with E-state index in [1.54, 1.807) is 20.8 Å². The molecule has 0 saturated carbocycles. The number of rotatable bonds is 2. The molecule has 1 aromatic rings. The highest BCUT2D eigenvalue weighted by atomic mass is 127. The number of ether oxygens (including phenoxy) is 1. The van der Waals surface area contributed by atoms with E-state index in [2.05, 4.69) is 27.6 Å². The van der Waals surface area contributed by atoms with E-state index in [1.807, 2.05) is 32.2 Å². The number of halogens is 1. The molecule has 1 saturated heterocycles. The number of carbonyl (C=O) groups excluding carboxylic acids is 2. The second kappa shape index (κ2) is 13.1. The molecule has 1 unspecified atom stereocenters. The first kappa shape index (κ1) is 30.3. The van der Waals surface area contributed by atoms with E-state index in [9.17, 15) is 24.9 Å². The maximum atomic E-state index is 13.2. The first-order valence-corrected chi connectivity index (χ1v) is 14.4. The molecule has 0 aliphatic carbocycles. The van der Waals surface area contributed by atoms with Crippen LogP contribution in [-0.2, 0) is 14.3 Å². The van der Waals surface area contributed by atoms with E-state index in [4.69, 9.17) is 4.74 Å². The number of esters is 1. The van der Waals surface area contributed by atoms with Gasteiger partial charge in [-0.3, -0.25) is 9.59 Å². The Hall–Kier alpha value is -0.880. The zero-order valence-corrected chi connectivity index (χ0v) is 24.5. The van der Waals surface area contributed by atoms with Gasteiger partial charge in [-0.25, -0.2) is 4.98 Å². The molecule has 2 heterocycles. The van der Waals surface area contributed by atoms with Crippen LogP contribution >= 0.6 is 33.9 Å². The Morgan fingerprint density at radius 3 is 2.49 bits per heavy atom. The number of ketones is 1. The highest BCUT2D eigenvalue weighted by Gasteiger charge is 2.42. The zero-order valence-electron chi connectivity index (χ0n) is 21.5. The number of thiazole rings is 1. The van der Waals surface area contributed by atoms with E-state index in [0.29, 0.717) is 25.7 Å². The van der Waals surface area contributed by atoms with E-state index in [0.717, 1.165) is 16.3 Å². The predicted octanol–water partition coefficient (Wildman–Crippen LogP) is 4.48. The van der Waals surface area contributed by atoms with Crippen molar-refractivity contribution in [1.29, 1.82) is 0 Å². The Bertz CT molecular complexity index is 900. The van der Waals surface area contributed by atoms with Crippen LogP contribution in [0, 0.1) is 24.2 Å². The lowest BCUT2D eigenvalue weighted by Crippen LogP contribution is -2.45. The third kappa shape index (κ3) is 8.31. The van der Waals surface area contributed by atoms with Gasteiger partial charge >= 0.3 is 5.97 Å². The third-order valence-corrected chi connectivity index (χ3v) is 9.28. The van der Waals surface area contributed by atoms with Gasteiger partial charge in [0.2, 0.25) is 0 Å². The fourth-order valence-corrected chi connectivity index (χ4v) is 5.87. The van der Waals surface area contributed by atoms with Crippen LogP contribution in [0.3, 0.4) is 0 Å². The summed E-state index contributed by atoms with van der Waals surface area (Å²) in [6.45, 7) is 10.6.